The zero-order chi connectivity index (χ0) is 10.5. The summed E-state index contributed by atoms with van der Waals surface area (Å²) in [5, 5.41) is 0. The van der Waals surface area contributed by atoms with Gasteiger partial charge in [0.05, 0.1) is 6.61 Å². The molecule has 0 unspecified atom stereocenters. The Morgan fingerprint density at radius 1 is 1.46 bits per heavy atom. The van der Waals surface area contributed by atoms with Crippen molar-refractivity contribution >= 4 is 5.97 Å². The lowest BCUT2D eigenvalue weighted by Crippen LogP contribution is -2.38. The van der Waals surface area contributed by atoms with E-state index in [1.165, 1.54) is 0 Å². The Morgan fingerprint density at radius 3 is 2.38 bits per heavy atom. The van der Waals surface area contributed by atoms with Crippen LogP contribution in [0.1, 0.15) is 19.8 Å². The number of hydrogen-bond acceptors (Lipinski definition) is 2. The Morgan fingerprint density at radius 2 is 2.00 bits per heavy atom. The Kier molecular flexibility index (Phi) is 4.72. The molecule has 0 aromatic rings. The normalized spacial score (nSPS) is 11.8. The van der Waals surface area contributed by atoms with E-state index < -0.39 is 18.3 Å². The lowest BCUT2D eigenvalue weighted by molar-refractivity contribution is -0.194. The molecule has 6 heteroatoms. The van der Waals surface area contributed by atoms with Gasteiger partial charge in [-0.25, -0.2) is 13.6 Å². The highest BCUT2D eigenvalue weighted by molar-refractivity contribution is 5.78. The van der Waals surface area contributed by atoms with E-state index in [1.54, 1.807) is 6.92 Å². The monoisotopic (exact) mass is 202 g/mol. The van der Waals surface area contributed by atoms with Gasteiger partial charge in [-0.2, -0.15) is 8.78 Å². The summed E-state index contributed by atoms with van der Waals surface area (Å²) in [6.07, 6.45) is -3.00. The molecule has 0 aliphatic rings. The molecule has 0 fully saturated rings. The number of unbranched alkanes of at least 4 members (excludes halogenated alkanes) is 1. The number of hydrogen-bond donors (Lipinski definition) is 0. The molecule has 0 amide bonds. The predicted molar refractivity (Wildman–Crippen MR) is 36.8 cm³/mol. The maximum absolute atomic E-state index is 12.1. The standard InChI is InChI=1S/C7H10F4O2/c1-2-3-4-13-6(12)7(10,11)5(8)9/h5H,2-4H2,1H3. The van der Waals surface area contributed by atoms with E-state index in [-0.39, 0.29) is 6.61 Å². The zero-order valence-corrected chi connectivity index (χ0v) is 7.03. The molecule has 0 N–H and O–H groups in total. The van der Waals surface area contributed by atoms with Gasteiger partial charge in [-0.05, 0) is 6.42 Å². The zero-order valence-electron chi connectivity index (χ0n) is 7.03. The van der Waals surface area contributed by atoms with E-state index >= 15 is 0 Å². The van der Waals surface area contributed by atoms with Gasteiger partial charge >= 0.3 is 18.3 Å². The second-order valence-corrected chi connectivity index (χ2v) is 2.41. The van der Waals surface area contributed by atoms with Crippen LogP contribution in [-0.2, 0) is 9.53 Å². The third kappa shape index (κ3) is 3.61. The smallest absolute Gasteiger partial charge is 0.401 e. The third-order valence-electron chi connectivity index (χ3n) is 1.28. The molecule has 0 radical (unpaired) electrons. The van der Waals surface area contributed by atoms with Gasteiger partial charge in [0.2, 0.25) is 0 Å². The van der Waals surface area contributed by atoms with Crippen LogP contribution < -0.4 is 0 Å². The van der Waals surface area contributed by atoms with Crippen molar-refractivity contribution in [3.8, 4) is 0 Å². The Balaban J connectivity index is 3.95. The van der Waals surface area contributed by atoms with Crippen LogP contribution >= 0.6 is 0 Å². The van der Waals surface area contributed by atoms with Crippen molar-refractivity contribution in [2.24, 2.45) is 0 Å². The number of alkyl halides is 4. The second kappa shape index (κ2) is 5.04. The van der Waals surface area contributed by atoms with Gasteiger partial charge < -0.3 is 4.74 Å². The van der Waals surface area contributed by atoms with E-state index in [4.69, 9.17) is 0 Å². The van der Waals surface area contributed by atoms with E-state index in [2.05, 4.69) is 4.74 Å². The van der Waals surface area contributed by atoms with E-state index in [0.29, 0.717) is 12.8 Å². The summed E-state index contributed by atoms with van der Waals surface area (Å²) in [6.45, 7) is 1.50. The van der Waals surface area contributed by atoms with Crippen LogP contribution in [0.15, 0.2) is 0 Å². The average Bonchev–Trinajstić information content (AvgIpc) is 2.04. The van der Waals surface area contributed by atoms with Crippen molar-refractivity contribution in [1.82, 2.24) is 0 Å². The fourth-order valence-electron chi connectivity index (χ4n) is 0.495. The summed E-state index contributed by atoms with van der Waals surface area (Å²) in [5.74, 6) is -6.84. The van der Waals surface area contributed by atoms with Crippen LogP contribution in [0, 0.1) is 0 Å². The fraction of sp³-hybridized carbons (Fsp3) is 0.857. The number of carbonyl (C=O) groups excluding carboxylic acids is 1. The Hall–Kier alpha value is -0.810. The lowest BCUT2D eigenvalue weighted by Gasteiger charge is -2.13. The molecule has 0 saturated heterocycles. The molecule has 0 spiro atoms. The van der Waals surface area contributed by atoms with Crippen molar-refractivity contribution in [2.45, 2.75) is 32.1 Å². The number of ether oxygens (including phenoxy) is 1. The minimum absolute atomic E-state index is 0.252. The van der Waals surface area contributed by atoms with Gasteiger partial charge in [-0.3, -0.25) is 0 Å². The van der Waals surface area contributed by atoms with Crippen LogP contribution in [0.2, 0.25) is 0 Å². The van der Waals surface area contributed by atoms with Crippen molar-refractivity contribution in [3.05, 3.63) is 0 Å². The van der Waals surface area contributed by atoms with Gasteiger partial charge in [0, 0.05) is 0 Å². The highest BCUT2D eigenvalue weighted by atomic mass is 19.3. The minimum atomic E-state index is -4.69. The SMILES string of the molecule is CCCCOC(=O)C(F)(F)C(F)F. The molecular formula is C7H10F4O2. The van der Waals surface area contributed by atoms with E-state index in [9.17, 15) is 22.4 Å². The quantitative estimate of drug-likeness (QED) is 0.388. The van der Waals surface area contributed by atoms with E-state index in [1.807, 2.05) is 0 Å². The first-order valence-electron chi connectivity index (χ1n) is 3.76. The summed E-state index contributed by atoms with van der Waals surface area (Å²) in [7, 11) is 0. The first kappa shape index (κ1) is 12.2. The lowest BCUT2D eigenvalue weighted by atomic mass is 10.3. The Labute approximate surface area is 72.9 Å². The first-order valence-corrected chi connectivity index (χ1v) is 3.76. The van der Waals surface area contributed by atoms with Crippen LogP contribution in [0.3, 0.4) is 0 Å². The molecule has 0 saturated carbocycles. The second-order valence-electron chi connectivity index (χ2n) is 2.41. The summed E-state index contributed by atoms with van der Waals surface area (Å²) >= 11 is 0. The highest BCUT2D eigenvalue weighted by Crippen LogP contribution is 2.24. The molecule has 13 heavy (non-hydrogen) atoms. The summed E-state index contributed by atoms with van der Waals surface area (Å²) in [6, 6.07) is 0. The summed E-state index contributed by atoms with van der Waals surface area (Å²) in [5.41, 5.74) is 0. The Bertz CT molecular complexity index is 170. The first-order chi connectivity index (χ1) is 5.92. The fourth-order valence-corrected chi connectivity index (χ4v) is 0.495. The summed E-state index contributed by atoms with van der Waals surface area (Å²) < 4.78 is 51.3. The van der Waals surface area contributed by atoms with Crippen molar-refractivity contribution in [1.29, 1.82) is 0 Å². The van der Waals surface area contributed by atoms with Crippen LogP contribution in [0.5, 0.6) is 0 Å². The van der Waals surface area contributed by atoms with Crippen molar-refractivity contribution in [3.63, 3.8) is 0 Å². The maximum Gasteiger partial charge on any atom is 0.401 e. The minimum Gasteiger partial charge on any atom is -0.461 e. The van der Waals surface area contributed by atoms with Crippen molar-refractivity contribution in [2.75, 3.05) is 6.61 Å². The molecule has 0 aliphatic heterocycles. The molecule has 0 aliphatic carbocycles. The van der Waals surface area contributed by atoms with Gasteiger partial charge in [0.15, 0.2) is 0 Å². The molecule has 0 bridgehead atoms. The third-order valence-corrected chi connectivity index (χ3v) is 1.28. The van der Waals surface area contributed by atoms with Gasteiger partial charge in [0.25, 0.3) is 0 Å². The number of halogens is 4. The van der Waals surface area contributed by atoms with Crippen molar-refractivity contribution < 1.29 is 27.1 Å². The molecule has 78 valence electrons. The molecular weight excluding hydrogens is 192 g/mol. The van der Waals surface area contributed by atoms with Crippen LogP contribution in [-0.4, -0.2) is 24.9 Å². The van der Waals surface area contributed by atoms with Crippen LogP contribution in [0.4, 0.5) is 17.6 Å². The van der Waals surface area contributed by atoms with Gasteiger partial charge in [0.1, 0.15) is 0 Å². The molecule has 0 atom stereocenters. The number of carbonyl (C=O) groups is 1. The average molecular weight is 202 g/mol. The van der Waals surface area contributed by atoms with Crippen LogP contribution in [0.25, 0.3) is 0 Å². The van der Waals surface area contributed by atoms with Gasteiger partial charge in [-0.1, -0.05) is 13.3 Å². The van der Waals surface area contributed by atoms with E-state index in [0.717, 1.165) is 0 Å². The predicted octanol–water partition coefficient (Wildman–Crippen LogP) is 2.23. The topological polar surface area (TPSA) is 26.3 Å². The largest absolute Gasteiger partial charge is 0.461 e. The molecule has 0 aromatic carbocycles. The maximum atomic E-state index is 12.1. The summed E-state index contributed by atoms with van der Waals surface area (Å²) in [4.78, 5) is 10.3. The molecule has 0 heterocycles. The number of esters is 1. The molecule has 0 rings (SSSR count). The van der Waals surface area contributed by atoms with Gasteiger partial charge in [-0.15, -0.1) is 0 Å². The molecule has 0 aromatic heterocycles. The highest BCUT2D eigenvalue weighted by Gasteiger charge is 2.50. The number of rotatable bonds is 5. The molecule has 2 nitrogen and oxygen atoms in total.